The number of hydrogen-bond acceptors (Lipinski definition) is 7. The first-order valence-corrected chi connectivity index (χ1v) is 10.8. The van der Waals surface area contributed by atoms with Crippen LogP contribution >= 0.6 is 11.6 Å². The zero-order valence-electron chi connectivity index (χ0n) is 17.7. The lowest BCUT2D eigenvalue weighted by molar-refractivity contribution is -0.319. The molecule has 4 rings (SSSR count). The molecular weight excluding hydrogens is 438 g/mol. The zero-order chi connectivity index (χ0) is 23.1. The van der Waals surface area contributed by atoms with Gasteiger partial charge >= 0.3 is 0 Å². The van der Waals surface area contributed by atoms with Crippen molar-refractivity contribution in [3.05, 3.63) is 64.2 Å². The van der Waals surface area contributed by atoms with E-state index in [1.54, 1.807) is 18.2 Å². The number of carbonyl (C=O) groups excluding carboxylic acids is 1. The van der Waals surface area contributed by atoms with Gasteiger partial charge in [-0.05, 0) is 48.7 Å². The molecule has 0 spiro atoms. The second-order valence-electron chi connectivity index (χ2n) is 7.97. The van der Waals surface area contributed by atoms with Gasteiger partial charge in [-0.15, -0.1) is 0 Å². The molecule has 2 aliphatic rings. The van der Waals surface area contributed by atoms with Gasteiger partial charge in [0.2, 0.25) is 11.4 Å². The van der Waals surface area contributed by atoms with Crippen molar-refractivity contribution in [2.75, 3.05) is 20.3 Å². The molecule has 4 N–H and O–H groups in total. The number of hydrogen-bond donors (Lipinski definition) is 4. The van der Waals surface area contributed by atoms with E-state index < -0.39 is 35.6 Å². The number of aliphatic hydroxyl groups excluding tert-OH is 3. The van der Waals surface area contributed by atoms with E-state index in [0.29, 0.717) is 23.6 Å². The first kappa shape index (κ1) is 23.0. The van der Waals surface area contributed by atoms with Crippen LogP contribution in [0.2, 0.25) is 5.02 Å². The third kappa shape index (κ3) is 3.57. The van der Waals surface area contributed by atoms with E-state index in [1.807, 2.05) is 31.2 Å². The number of ether oxygens (including phenoxy) is 3. The van der Waals surface area contributed by atoms with Gasteiger partial charge in [0.25, 0.3) is 5.91 Å². The number of benzene rings is 2. The summed E-state index contributed by atoms with van der Waals surface area (Å²) < 4.78 is 17.2. The Morgan fingerprint density at radius 1 is 1.19 bits per heavy atom. The Hall–Kier alpha value is -2.20. The molecule has 2 heterocycles. The maximum Gasteiger partial charge on any atom is 0.257 e. The van der Waals surface area contributed by atoms with Crippen LogP contribution in [-0.4, -0.2) is 65.4 Å². The van der Waals surface area contributed by atoms with E-state index >= 15 is 0 Å². The van der Waals surface area contributed by atoms with Crippen LogP contribution in [0.4, 0.5) is 0 Å². The Morgan fingerprint density at radius 3 is 2.56 bits per heavy atom. The van der Waals surface area contributed by atoms with Crippen molar-refractivity contribution in [3.63, 3.8) is 0 Å². The van der Waals surface area contributed by atoms with Crippen molar-refractivity contribution in [1.29, 1.82) is 0 Å². The minimum atomic E-state index is -1.84. The summed E-state index contributed by atoms with van der Waals surface area (Å²) in [6.45, 7) is 2.16. The number of amides is 1. The molecule has 0 aromatic heterocycles. The fourth-order valence-electron chi connectivity index (χ4n) is 4.30. The summed E-state index contributed by atoms with van der Waals surface area (Å²) in [6.07, 6.45) is -4.47. The molecule has 9 heteroatoms. The van der Waals surface area contributed by atoms with Crippen molar-refractivity contribution in [3.8, 4) is 5.75 Å². The van der Waals surface area contributed by atoms with E-state index in [-0.39, 0.29) is 6.61 Å². The quantitative estimate of drug-likeness (QED) is 0.507. The van der Waals surface area contributed by atoms with Gasteiger partial charge in [-0.3, -0.25) is 4.79 Å². The molecule has 2 aromatic carbocycles. The van der Waals surface area contributed by atoms with Crippen molar-refractivity contribution in [1.82, 2.24) is 5.32 Å². The Kier molecular flexibility index (Phi) is 6.19. The summed E-state index contributed by atoms with van der Waals surface area (Å²) in [6, 6.07) is 12.6. The molecule has 32 heavy (non-hydrogen) atoms. The van der Waals surface area contributed by atoms with E-state index in [0.717, 1.165) is 16.9 Å². The van der Waals surface area contributed by atoms with Crippen LogP contribution < -0.4 is 10.1 Å². The number of fused-ring (bicyclic) bond motifs is 2. The molecule has 0 unspecified atom stereocenters. The summed E-state index contributed by atoms with van der Waals surface area (Å²) in [7, 11) is 1.39. The van der Waals surface area contributed by atoms with Crippen LogP contribution in [0, 0.1) is 0 Å². The van der Waals surface area contributed by atoms with Gasteiger partial charge in [-0.1, -0.05) is 29.8 Å². The highest BCUT2D eigenvalue weighted by atomic mass is 35.5. The maximum atomic E-state index is 12.5. The average Bonchev–Trinajstić information content (AvgIpc) is 3.19. The molecule has 0 aliphatic carbocycles. The zero-order valence-corrected chi connectivity index (χ0v) is 18.5. The summed E-state index contributed by atoms with van der Waals surface area (Å²) in [5, 5.41) is 34.7. The summed E-state index contributed by atoms with van der Waals surface area (Å²) in [5.41, 5.74) is 0.257. The highest BCUT2D eigenvalue weighted by Crippen LogP contribution is 2.50. The predicted octanol–water partition coefficient (Wildman–Crippen LogP) is 1.11. The fraction of sp³-hybridized carbons (Fsp3) is 0.435. The second-order valence-corrected chi connectivity index (χ2v) is 8.37. The number of carbonyl (C=O) groups is 1. The number of aliphatic hydroxyl groups is 3. The smallest absolute Gasteiger partial charge is 0.257 e. The van der Waals surface area contributed by atoms with Crippen molar-refractivity contribution >= 4 is 17.5 Å². The average molecular weight is 464 g/mol. The standard InChI is InChI=1S/C23H26ClNO7/c1-3-30-16-7-4-13(5-8-16)10-14-11-15(6-9-17(14)24)23-20(28)18(26)19(27)22(32-23,12-31-23)21(29)25-2/h4-9,11,18-20,26-28H,3,10,12H2,1-2H3,(H,25,29)/t18-,19-,20+,22-,23-/m0/s1. The molecule has 2 bridgehead atoms. The van der Waals surface area contributed by atoms with Crippen molar-refractivity contribution in [2.45, 2.75) is 43.0 Å². The maximum absolute atomic E-state index is 12.5. The van der Waals surface area contributed by atoms with Gasteiger partial charge < -0.3 is 34.8 Å². The van der Waals surface area contributed by atoms with Gasteiger partial charge in [0, 0.05) is 17.6 Å². The molecule has 0 radical (unpaired) electrons. The van der Waals surface area contributed by atoms with Crippen LogP contribution in [0.5, 0.6) is 5.75 Å². The topological polar surface area (TPSA) is 117 Å². The van der Waals surface area contributed by atoms with Crippen LogP contribution in [0.3, 0.4) is 0 Å². The second kappa shape index (κ2) is 8.62. The normalized spacial score (nSPS) is 31.4. The molecule has 2 aromatic rings. The Morgan fingerprint density at radius 2 is 1.91 bits per heavy atom. The third-order valence-electron chi connectivity index (χ3n) is 6.04. The lowest BCUT2D eigenvalue weighted by Crippen LogP contribution is -2.68. The Bertz CT molecular complexity index is 1000. The molecule has 1 amide bonds. The van der Waals surface area contributed by atoms with Crippen molar-refractivity contribution in [2.24, 2.45) is 0 Å². The van der Waals surface area contributed by atoms with E-state index in [4.69, 9.17) is 25.8 Å². The molecule has 172 valence electrons. The molecule has 5 atom stereocenters. The minimum Gasteiger partial charge on any atom is -0.494 e. The largest absolute Gasteiger partial charge is 0.494 e. The summed E-state index contributed by atoms with van der Waals surface area (Å²) in [5.74, 6) is -1.71. The minimum absolute atomic E-state index is 0.335. The number of rotatable bonds is 6. The molecule has 2 saturated heterocycles. The number of likely N-dealkylation sites (N-methyl/N-ethyl adjacent to an activating group) is 1. The highest BCUT2D eigenvalue weighted by molar-refractivity contribution is 6.31. The van der Waals surface area contributed by atoms with E-state index in [2.05, 4.69) is 5.32 Å². The lowest BCUT2D eigenvalue weighted by Gasteiger charge is -2.45. The molecule has 2 aliphatic heterocycles. The van der Waals surface area contributed by atoms with E-state index in [9.17, 15) is 20.1 Å². The van der Waals surface area contributed by atoms with Gasteiger partial charge in [-0.2, -0.15) is 0 Å². The van der Waals surface area contributed by atoms with Gasteiger partial charge in [0.1, 0.15) is 24.1 Å². The monoisotopic (exact) mass is 463 g/mol. The van der Waals surface area contributed by atoms with Crippen LogP contribution in [0.25, 0.3) is 0 Å². The van der Waals surface area contributed by atoms with Gasteiger partial charge in [0.05, 0.1) is 13.2 Å². The number of nitrogens with one attached hydrogen (secondary N) is 1. The van der Waals surface area contributed by atoms with Gasteiger partial charge in [0.15, 0.2) is 0 Å². The number of halogens is 1. The van der Waals surface area contributed by atoms with Crippen LogP contribution in [0.15, 0.2) is 42.5 Å². The molecule has 8 nitrogen and oxygen atoms in total. The first-order chi connectivity index (χ1) is 15.3. The Balaban J connectivity index is 1.68. The van der Waals surface area contributed by atoms with Crippen molar-refractivity contribution < 1.29 is 34.3 Å². The SMILES string of the molecule is CCOc1ccc(Cc2cc([C@]34OC[C@](C(=O)NC)(O3)[C@@H](O)[C@H](O)[C@H]4O)ccc2Cl)cc1. The molecule has 2 fully saturated rings. The van der Waals surface area contributed by atoms with E-state index in [1.165, 1.54) is 7.05 Å². The van der Waals surface area contributed by atoms with Crippen LogP contribution in [0.1, 0.15) is 23.6 Å². The highest BCUT2D eigenvalue weighted by Gasteiger charge is 2.70. The first-order valence-electron chi connectivity index (χ1n) is 10.4. The third-order valence-corrected chi connectivity index (χ3v) is 6.41. The summed E-state index contributed by atoms with van der Waals surface area (Å²) >= 11 is 6.43. The van der Waals surface area contributed by atoms with Gasteiger partial charge in [-0.25, -0.2) is 0 Å². The summed E-state index contributed by atoms with van der Waals surface area (Å²) in [4.78, 5) is 12.5. The molecule has 0 saturated carbocycles. The lowest BCUT2D eigenvalue weighted by atomic mass is 9.82. The fourth-order valence-corrected chi connectivity index (χ4v) is 4.48. The Labute approximate surface area is 190 Å². The molecular formula is C23H26ClNO7. The van der Waals surface area contributed by atoms with Crippen LogP contribution in [-0.2, 0) is 26.5 Å². The predicted molar refractivity (Wildman–Crippen MR) is 115 cm³/mol.